The van der Waals surface area contributed by atoms with Crippen LogP contribution in [0.3, 0.4) is 0 Å². The summed E-state index contributed by atoms with van der Waals surface area (Å²) in [5.41, 5.74) is 1.91. The first-order valence-electron chi connectivity index (χ1n) is 8.94. The maximum Gasteiger partial charge on any atom is 0.266 e. The first-order valence-corrected chi connectivity index (χ1v) is 9.76. The SMILES string of the molecule is COc1ccc(-c2nnc3sc(NC(=O)[C@@H](C)Oc4cccc(C)c4)nn23)cc1. The Morgan fingerprint density at radius 1 is 1.14 bits per heavy atom. The molecule has 8 nitrogen and oxygen atoms in total. The number of amides is 1. The minimum Gasteiger partial charge on any atom is -0.497 e. The van der Waals surface area contributed by atoms with Crippen molar-refractivity contribution >= 4 is 27.3 Å². The number of aryl methyl sites for hydroxylation is 1. The largest absolute Gasteiger partial charge is 0.497 e. The fourth-order valence-electron chi connectivity index (χ4n) is 2.74. The summed E-state index contributed by atoms with van der Waals surface area (Å²) in [6.45, 7) is 3.66. The zero-order valence-electron chi connectivity index (χ0n) is 16.1. The normalized spacial score (nSPS) is 12.0. The van der Waals surface area contributed by atoms with Gasteiger partial charge in [0.15, 0.2) is 11.9 Å². The van der Waals surface area contributed by atoms with Crippen molar-refractivity contribution in [3.8, 4) is 22.9 Å². The van der Waals surface area contributed by atoms with Crippen LogP contribution in [0.5, 0.6) is 11.5 Å². The van der Waals surface area contributed by atoms with E-state index in [1.807, 2.05) is 55.5 Å². The van der Waals surface area contributed by atoms with Crippen LogP contribution >= 0.6 is 11.3 Å². The number of rotatable bonds is 6. The van der Waals surface area contributed by atoms with E-state index in [-0.39, 0.29) is 5.91 Å². The van der Waals surface area contributed by atoms with Crippen LogP contribution in [0.1, 0.15) is 12.5 Å². The fraction of sp³-hybridized carbons (Fsp3) is 0.200. The third kappa shape index (κ3) is 4.04. The Balaban J connectivity index is 1.49. The summed E-state index contributed by atoms with van der Waals surface area (Å²) in [6, 6.07) is 15.0. The first kappa shape index (κ1) is 18.9. The van der Waals surface area contributed by atoms with E-state index in [1.54, 1.807) is 18.5 Å². The maximum absolute atomic E-state index is 12.5. The van der Waals surface area contributed by atoms with Crippen molar-refractivity contribution in [2.45, 2.75) is 20.0 Å². The number of nitrogens with one attached hydrogen (secondary N) is 1. The van der Waals surface area contributed by atoms with E-state index in [0.717, 1.165) is 16.9 Å². The third-order valence-corrected chi connectivity index (χ3v) is 5.06. The van der Waals surface area contributed by atoms with E-state index in [2.05, 4.69) is 20.6 Å². The number of hydrogen-bond acceptors (Lipinski definition) is 7. The summed E-state index contributed by atoms with van der Waals surface area (Å²) in [5.74, 6) is 1.70. The first-order chi connectivity index (χ1) is 14.0. The number of carbonyl (C=O) groups is 1. The van der Waals surface area contributed by atoms with Crippen LogP contribution in [0.25, 0.3) is 16.3 Å². The molecule has 1 N–H and O–H groups in total. The van der Waals surface area contributed by atoms with Crippen molar-refractivity contribution in [2.24, 2.45) is 0 Å². The summed E-state index contributed by atoms with van der Waals surface area (Å²) in [6.07, 6.45) is -0.674. The van der Waals surface area contributed by atoms with Crippen LogP contribution in [0.15, 0.2) is 48.5 Å². The average Bonchev–Trinajstić information content (AvgIpc) is 3.28. The van der Waals surface area contributed by atoms with E-state index >= 15 is 0 Å². The van der Waals surface area contributed by atoms with Gasteiger partial charge in [0.25, 0.3) is 5.91 Å². The van der Waals surface area contributed by atoms with E-state index in [9.17, 15) is 4.79 Å². The Bertz CT molecular complexity index is 1150. The van der Waals surface area contributed by atoms with Crippen molar-refractivity contribution in [1.82, 2.24) is 19.8 Å². The minimum atomic E-state index is -0.674. The van der Waals surface area contributed by atoms with Gasteiger partial charge in [0.1, 0.15) is 11.5 Å². The van der Waals surface area contributed by atoms with Crippen molar-refractivity contribution in [1.29, 1.82) is 0 Å². The molecular weight excluding hydrogens is 390 g/mol. The lowest BCUT2D eigenvalue weighted by atomic mass is 10.2. The average molecular weight is 409 g/mol. The van der Waals surface area contributed by atoms with Crippen LogP contribution in [-0.4, -0.2) is 38.9 Å². The molecule has 0 spiro atoms. The molecule has 0 aliphatic heterocycles. The van der Waals surface area contributed by atoms with Gasteiger partial charge in [-0.3, -0.25) is 10.1 Å². The Morgan fingerprint density at radius 3 is 2.66 bits per heavy atom. The molecule has 1 amide bonds. The molecule has 29 heavy (non-hydrogen) atoms. The zero-order chi connectivity index (χ0) is 20.4. The van der Waals surface area contributed by atoms with Gasteiger partial charge in [-0.05, 0) is 55.8 Å². The van der Waals surface area contributed by atoms with E-state index in [4.69, 9.17) is 9.47 Å². The highest BCUT2D eigenvalue weighted by Gasteiger charge is 2.19. The monoisotopic (exact) mass is 409 g/mol. The fourth-order valence-corrected chi connectivity index (χ4v) is 3.48. The van der Waals surface area contributed by atoms with Gasteiger partial charge >= 0.3 is 0 Å². The lowest BCUT2D eigenvalue weighted by Crippen LogP contribution is -2.30. The summed E-state index contributed by atoms with van der Waals surface area (Å²) in [4.78, 5) is 13.1. The van der Waals surface area contributed by atoms with Gasteiger partial charge in [0.05, 0.1) is 7.11 Å². The van der Waals surface area contributed by atoms with Crippen molar-refractivity contribution in [3.05, 3.63) is 54.1 Å². The van der Waals surface area contributed by atoms with Crippen molar-refractivity contribution in [3.63, 3.8) is 0 Å². The zero-order valence-corrected chi connectivity index (χ0v) is 16.9. The second kappa shape index (κ2) is 7.88. The molecule has 0 radical (unpaired) electrons. The van der Waals surface area contributed by atoms with Gasteiger partial charge in [-0.15, -0.1) is 15.3 Å². The molecule has 4 aromatic rings. The summed E-state index contributed by atoms with van der Waals surface area (Å²) < 4.78 is 12.5. The highest BCUT2D eigenvalue weighted by Crippen LogP contribution is 2.25. The van der Waals surface area contributed by atoms with Crippen LogP contribution in [-0.2, 0) is 4.79 Å². The van der Waals surface area contributed by atoms with E-state index in [1.165, 1.54) is 11.3 Å². The molecule has 0 unspecified atom stereocenters. The quantitative estimate of drug-likeness (QED) is 0.523. The highest BCUT2D eigenvalue weighted by atomic mass is 32.1. The predicted molar refractivity (Wildman–Crippen MR) is 111 cm³/mol. The number of carbonyl (C=O) groups excluding carboxylic acids is 1. The Hall–Kier alpha value is -3.46. The second-order valence-electron chi connectivity index (χ2n) is 6.42. The molecule has 0 saturated carbocycles. The number of methoxy groups -OCH3 is 1. The molecule has 1 atom stereocenters. The molecule has 148 valence electrons. The van der Waals surface area contributed by atoms with Gasteiger partial charge in [-0.2, -0.15) is 4.52 Å². The van der Waals surface area contributed by atoms with Gasteiger partial charge in [0, 0.05) is 5.56 Å². The van der Waals surface area contributed by atoms with Crippen LogP contribution < -0.4 is 14.8 Å². The molecule has 0 aliphatic carbocycles. The van der Waals surface area contributed by atoms with Gasteiger partial charge in [-0.1, -0.05) is 23.5 Å². The highest BCUT2D eigenvalue weighted by molar-refractivity contribution is 7.20. The van der Waals surface area contributed by atoms with Crippen LogP contribution in [0, 0.1) is 6.92 Å². The Morgan fingerprint density at radius 2 is 1.93 bits per heavy atom. The molecule has 2 heterocycles. The van der Waals surface area contributed by atoms with E-state index in [0.29, 0.717) is 21.7 Å². The number of benzene rings is 2. The summed E-state index contributed by atoms with van der Waals surface area (Å²) >= 11 is 1.24. The lowest BCUT2D eigenvalue weighted by Gasteiger charge is -2.13. The molecular formula is C20H19N5O3S. The Labute approximate surface area is 171 Å². The van der Waals surface area contributed by atoms with Crippen molar-refractivity contribution < 1.29 is 14.3 Å². The van der Waals surface area contributed by atoms with E-state index < -0.39 is 6.10 Å². The van der Waals surface area contributed by atoms with Gasteiger partial charge in [0.2, 0.25) is 10.1 Å². The molecule has 2 aromatic carbocycles. The van der Waals surface area contributed by atoms with Gasteiger partial charge < -0.3 is 9.47 Å². The number of ether oxygens (including phenoxy) is 2. The van der Waals surface area contributed by atoms with Crippen LogP contribution in [0.4, 0.5) is 5.13 Å². The maximum atomic E-state index is 12.5. The number of aromatic nitrogens is 4. The smallest absolute Gasteiger partial charge is 0.266 e. The molecule has 2 aromatic heterocycles. The summed E-state index contributed by atoms with van der Waals surface area (Å²) in [7, 11) is 1.61. The number of anilines is 1. The topological polar surface area (TPSA) is 90.6 Å². The second-order valence-corrected chi connectivity index (χ2v) is 7.38. The molecule has 4 rings (SSSR count). The molecule has 0 fully saturated rings. The number of nitrogens with zero attached hydrogens (tertiary/aromatic N) is 4. The Kier molecular flexibility index (Phi) is 5.13. The molecule has 0 bridgehead atoms. The predicted octanol–water partition coefficient (Wildman–Crippen LogP) is 3.58. The third-order valence-electron chi connectivity index (χ3n) is 4.24. The molecule has 0 aliphatic rings. The lowest BCUT2D eigenvalue weighted by molar-refractivity contribution is -0.122. The standard InChI is InChI=1S/C20H19N5O3S/c1-12-5-4-6-16(11-12)28-13(2)18(26)21-19-24-25-17(22-23-20(25)29-19)14-7-9-15(27-3)10-8-14/h4-11,13H,1-3H3,(H,21,24,26)/t13-/m1/s1. The van der Waals surface area contributed by atoms with Gasteiger partial charge in [-0.25, -0.2) is 0 Å². The molecule has 0 saturated heterocycles. The molecule has 9 heteroatoms. The van der Waals surface area contributed by atoms with Crippen molar-refractivity contribution in [2.75, 3.05) is 12.4 Å². The number of fused-ring (bicyclic) bond motifs is 1. The van der Waals surface area contributed by atoms with Crippen LogP contribution in [0.2, 0.25) is 0 Å². The summed E-state index contributed by atoms with van der Waals surface area (Å²) in [5, 5.41) is 16.0. The minimum absolute atomic E-state index is 0.289. The number of hydrogen-bond donors (Lipinski definition) is 1.